The standard InChI is InChI=1S/C14H15Cl2FN2O4/c1-7-5-14(12(20)21,2-3-19(7)13(22)23)6-9-11(17)8(15)4-10(16)18-9/h4,7H,2-3,5-6H2,1H3,(H,20,21)(H,22,23)/t7-,14?/m1/s1. The van der Waals surface area contributed by atoms with E-state index in [1.165, 1.54) is 4.90 Å². The zero-order valence-electron chi connectivity index (χ0n) is 12.2. The van der Waals surface area contributed by atoms with Crippen LogP contribution >= 0.6 is 23.2 Å². The molecule has 2 rings (SSSR count). The monoisotopic (exact) mass is 364 g/mol. The van der Waals surface area contributed by atoms with E-state index in [9.17, 15) is 19.1 Å². The maximum Gasteiger partial charge on any atom is 0.407 e. The Labute approximate surface area is 141 Å². The van der Waals surface area contributed by atoms with Crippen molar-refractivity contribution in [1.82, 2.24) is 9.88 Å². The number of rotatable bonds is 3. The molecule has 9 heteroatoms. The fourth-order valence-corrected chi connectivity index (χ4v) is 3.48. The molecule has 126 valence electrons. The summed E-state index contributed by atoms with van der Waals surface area (Å²) in [5.74, 6) is -1.92. The Bertz CT molecular complexity index is 658. The Kier molecular flexibility index (Phi) is 5.01. The number of hydrogen-bond acceptors (Lipinski definition) is 3. The van der Waals surface area contributed by atoms with Gasteiger partial charge in [-0.3, -0.25) is 4.79 Å². The van der Waals surface area contributed by atoms with Gasteiger partial charge in [-0.2, -0.15) is 0 Å². The zero-order chi connectivity index (χ0) is 17.4. The van der Waals surface area contributed by atoms with Gasteiger partial charge in [0.15, 0.2) is 5.82 Å². The van der Waals surface area contributed by atoms with Gasteiger partial charge in [-0.05, 0) is 25.8 Å². The van der Waals surface area contributed by atoms with E-state index < -0.39 is 29.3 Å². The predicted octanol–water partition coefficient (Wildman–Crippen LogP) is 3.30. The fraction of sp³-hybridized carbons (Fsp3) is 0.500. The number of pyridine rings is 1. The molecule has 0 aliphatic carbocycles. The SMILES string of the molecule is C[C@@H]1CC(Cc2nc(Cl)cc(Cl)c2F)(C(=O)O)CCN1C(=O)O. The lowest BCUT2D eigenvalue weighted by Gasteiger charge is -2.41. The number of hydrogen-bond donors (Lipinski definition) is 2. The van der Waals surface area contributed by atoms with E-state index >= 15 is 0 Å². The lowest BCUT2D eigenvalue weighted by atomic mass is 9.72. The first kappa shape index (κ1) is 17.7. The van der Waals surface area contributed by atoms with Crippen LogP contribution in [0.3, 0.4) is 0 Å². The van der Waals surface area contributed by atoms with Gasteiger partial charge in [0.25, 0.3) is 0 Å². The smallest absolute Gasteiger partial charge is 0.407 e. The second kappa shape index (κ2) is 6.49. The van der Waals surface area contributed by atoms with E-state index in [0.717, 1.165) is 6.07 Å². The molecule has 0 bridgehead atoms. The van der Waals surface area contributed by atoms with Gasteiger partial charge in [0.05, 0.1) is 16.1 Å². The molecule has 2 heterocycles. The van der Waals surface area contributed by atoms with Crippen molar-refractivity contribution in [2.24, 2.45) is 5.41 Å². The highest BCUT2D eigenvalue weighted by atomic mass is 35.5. The number of aliphatic carboxylic acids is 1. The summed E-state index contributed by atoms with van der Waals surface area (Å²) in [4.78, 5) is 27.9. The van der Waals surface area contributed by atoms with Crippen molar-refractivity contribution in [1.29, 1.82) is 0 Å². The zero-order valence-corrected chi connectivity index (χ0v) is 13.7. The first-order chi connectivity index (χ1) is 10.7. The second-order valence-corrected chi connectivity index (χ2v) is 6.52. The molecule has 1 fully saturated rings. The van der Waals surface area contributed by atoms with Gasteiger partial charge in [-0.25, -0.2) is 14.2 Å². The van der Waals surface area contributed by atoms with Gasteiger partial charge in [0.1, 0.15) is 5.15 Å². The largest absolute Gasteiger partial charge is 0.481 e. The third-order valence-corrected chi connectivity index (χ3v) is 4.67. The Morgan fingerprint density at radius 2 is 2.13 bits per heavy atom. The summed E-state index contributed by atoms with van der Waals surface area (Å²) >= 11 is 11.5. The third-order valence-electron chi connectivity index (χ3n) is 4.21. The van der Waals surface area contributed by atoms with Crippen molar-refractivity contribution < 1.29 is 24.2 Å². The average molecular weight is 365 g/mol. The summed E-state index contributed by atoms with van der Waals surface area (Å²) in [5.41, 5.74) is -1.44. The van der Waals surface area contributed by atoms with Crippen LogP contribution in [0, 0.1) is 11.2 Å². The Morgan fingerprint density at radius 1 is 1.48 bits per heavy atom. The van der Waals surface area contributed by atoms with E-state index in [0.29, 0.717) is 0 Å². The van der Waals surface area contributed by atoms with E-state index in [1.54, 1.807) is 6.92 Å². The molecule has 2 atom stereocenters. The van der Waals surface area contributed by atoms with Crippen molar-refractivity contribution in [2.75, 3.05) is 6.54 Å². The van der Waals surface area contributed by atoms with Crippen LogP contribution in [0.5, 0.6) is 0 Å². The van der Waals surface area contributed by atoms with Gasteiger partial charge in [0.2, 0.25) is 0 Å². The Hall–Kier alpha value is -1.60. The van der Waals surface area contributed by atoms with E-state index in [-0.39, 0.29) is 41.7 Å². The van der Waals surface area contributed by atoms with Crippen LogP contribution in [-0.2, 0) is 11.2 Å². The quantitative estimate of drug-likeness (QED) is 0.802. The van der Waals surface area contributed by atoms with Crippen LogP contribution in [-0.4, -0.2) is 44.7 Å². The summed E-state index contributed by atoms with van der Waals surface area (Å²) in [7, 11) is 0. The summed E-state index contributed by atoms with van der Waals surface area (Å²) in [6, 6.07) is 0.639. The van der Waals surface area contributed by atoms with Crippen LogP contribution < -0.4 is 0 Å². The second-order valence-electron chi connectivity index (χ2n) is 5.73. The molecular formula is C14H15Cl2FN2O4. The summed E-state index contributed by atoms with van der Waals surface area (Å²) < 4.78 is 14.1. The van der Waals surface area contributed by atoms with Crippen molar-refractivity contribution in [3.05, 3.63) is 27.8 Å². The molecule has 0 spiro atoms. The molecule has 0 aromatic carbocycles. The molecule has 1 saturated heterocycles. The number of likely N-dealkylation sites (tertiary alicyclic amines) is 1. The van der Waals surface area contributed by atoms with Crippen LogP contribution in [0.25, 0.3) is 0 Å². The lowest BCUT2D eigenvalue weighted by molar-refractivity contribution is -0.153. The van der Waals surface area contributed by atoms with Gasteiger partial charge >= 0.3 is 12.1 Å². The first-order valence-electron chi connectivity index (χ1n) is 6.89. The van der Waals surface area contributed by atoms with Gasteiger partial charge in [0, 0.05) is 19.0 Å². The molecule has 23 heavy (non-hydrogen) atoms. The fourth-order valence-electron chi connectivity index (χ4n) is 3.00. The molecule has 2 N–H and O–H groups in total. The predicted molar refractivity (Wildman–Crippen MR) is 81.4 cm³/mol. The number of aromatic nitrogens is 1. The van der Waals surface area contributed by atoms with E-state index in [4.69, 9.17) is 28.3 Å². The van der Waals surface area contributed by atoms with Crippen molar-refractivity contribution in [3.8, 4) is 0 Å². The molecule has 1 amide bonds. The topological polar surface area (TPSA) is 90.7 Å². The van der Waals surface area contributed by atoms with E-state index in [2.05, 4.69) is 4.98 Å². The number of nitrogens with zero attached hydrogens (tertiary/aromatic N) is 2. The first-order valence-corrected chi connectivity index (χ1v) is 7.65. The number of amides is 1. The summed E-state index contributed by atoms with van der Waals surface area (Å²) in [6.07, 6.45) is -1.19. The van der Waals surface area contributed by atoms with Gasteiger partial charge in [-0.1, -0.05) is 23.2 Å². The highest BCUT2D eigenvalue weighted by Gasteiger charge is 2.46. The van der Waals surface area contributed by atoms with Crippen LogP contribution in [0.4, 0.5) is 9.18 Å². The Morgan fingerprint density at radius 3 is 2.65 bits per heavy atom. The molecule has 1 aliphatic heterocycles. The minimum atomic E-state index is -1.31. The minimum Gasteiger partial charge on any atom is -0.481 e. The molecule has 1 aliphatic rings. The third kappa shape index (κ3) is 3.50. The molecule has 0 radical (unpaired) electrons. The van der Waals surface area contributed by atoms with Crippen LogP contribution in [0.1, 0.15) is 25.5 Å². The number of carbonyl (C=O) groups is 2. The molecule has 1 aromatic rings. The Balaban J connectivity index is 2.34. The number of halogens is 3. The van der Waals surface area contributed by atoms with Crippen molar-refractivity contribution in [3.63, 3.8) is 0 Å². The maximum atomic E-state index is 14.1. The molecule has 1 aromatic heterocycles. The number of carboxylic acid groups (broad SMARTS) is 2. The summed E-state index contributed by atoms with van der Waals surface area (Å²) in [5, 5.41) is 18.5. The van der Waals surface area contributed by atoms with Gasteiger partial charge < -0.3 is 15.1 Å². The average Bonchev–Trinajstić information content (AvgIpc) is 2.43. The van der Waals surface area contributed by atoms with Crippen LogP contribution in [0.2, 0.25) is 10.2 Å². The minimum absolute atomic E-state index is 0.0250. The lowest BCUT2D eigenvalue weighted by Crippen LogP contribution is -2.51. The molecule has 0 saturated carbocycles. The van der Waals surface area contributed by atoms with Crippen LogP contribution in [0.15, 0.2) is 6.07 Å². The van der Waals surface area contributed by atoms with E-state index in [1.807, 2.05) is 0 Å². The normalized spacial score (nSPS) is 24.5. The maximum absolute atomic E-state index is 14.1. The van der Waals surface area contributed by atoms with Gasteiger partial charge in [-0.15, -0.1) is 0 Å². The summed E-state index contributed by atoms with van der Waals surface area (Å²) in [6.45, 7) is 1.68. The highest BCUT2D eigenvalue weighted by Crippen LogP contribution is 2.39. The number of carboxylic acids is 1. The van der Waals surface area contributed by atoms with Crippen molar-refractivity contribution >= 4 is 35.3 Å². The van der Waals surface area contributed by atoms with Crippen molar-refractivity contribution in [2.45, 2.75) is 32.2 Å². The molecule has 6 nitrogen and oxygen atoms in total. The molecular weight excluding hydrogens is 350 g/mol. The molecule has 1 unspecified atom stereocenters. The highest BCUT2D eigenvalue weighted by molar-refractivity contribution is 6.34. The number of piperidine rings is 1.